The summed E-state index contributed by atoms with van der Waals surface area (Å²) in [6.07, 6.45) is -0.0708. The van der Waals surface area contributed by atoms with Crippen molar-refractivity contribution in [2.24, 2.45) is 0 Å². The molecular formula is C31H33NO6. The first-order chi connectivity index (χ1) is 18.2. The SMILES string of the molecule is CCOc1cc(C2/C(=C(/O)c3cccc(OC(C)C)c3)C(=O)C(=O)N2c2cc(C)ccc2C)ccc1OC. The molecule has 0 saturated carbocycles. The number of nitrogens with zero attached hydrogens (tertiary/aromatic N) is 1. The van der Waals surface area contributed by atoms with Gasteiger partial charge in [-0.3, -0.25) is 14.5 Å². The predicted octanol–water partition coefficient (Wildman–Crippen LogP) is 6.12. The number of aliphatic hydroxyl groups excluding tert-OH is 1. The maximum atomic E-state index is 13.6. The van der Waals surface area contributed by atoms with Gasteiger partial charge in [0.25, 0.3) is 11.7 Å². The fourth-order valence-corrected chi connectivity index (χ4v) is 4.65. The number of carbonyl (C=O) groups excluding carboxylic acids is 2. The van der Waals surface area contributed by atoms with Gasteiger partial charge in [0.2, 0.25) is 0 Å². The van der Waals surface area contributed by atoms with Gasteiger partial charge >= 0.3 is 0 Å². The van der Waals surface area contributed by atoms with Gasteiger partial charge in [-0.2, -0.15) is 0 Å². The molecule has 1 amide bonds. The zero-order valence-electron chi connectivity index (χ0n) is 22.6. The molecule has 0 radical (unpaired) electrons. The van der Waals surface area contributed by atoms with Gasteiger partial charge in [-0.05, 0) is 81.6 Å². The van der Waals surface area contributed by atoms with E-state index in [9.17, 15) is 14.7 Å². The number of hydrogen-bond acceptors (Lipinski definition) is 6. The lowest BCUT2D eigenvalue weighted by atomic mass is 9.94. The van der Waals surface area contributed by atoms with Crippen LogP contribution in [0.1, 0.15) is 49.1 Å². The van der Waals surface area contributed by atoms with Crippen LogP contribution < -0.4 is 19.1 Å². The minimum absolute atomic E-state index is 0.00906. The van der Waals surface area contributed by atoms with Crippen molar-refractivity contribution in [3.05, 3.63) is 88.5 Å². The standard InChI is InChI=1S/C31H33NO6/c1-7-37-26-17-21(13-14-25(26)36-6)28-27(29(33)22-9-8-10-23(16-22)38-18(2)3)30(34)31(35)32(28)24-15-19(4)11-12-20(24)5/h8-18,28,33H,7H2,1-6H3/b29-27-. The molecule has 38 heavy (non-hydrogen) atoms. The second-order valence-electron chi connectivity index (χ2n) is 9.50. The number of aryl methyl sites for hydroxylation is 2. The maximum Gasteiger partial charge on any atom is 0.300 e. The molecule has 4 rings (SSSR count). The van der Waals surface area contributed by atoms with Crippen LogP contribution in [0, 0.1) is 13.8 Å². The summed E-state index contributed by atoms with van der Waals surface area (Å²) < 4.78 is 17.0. The molecule has 0 spiro atoms. The average molecular weight is 516 g/mol. The summed E-state index contributed by atoms with van der Waals surface area (Å²) in [7, 11) is 1.55. The summed E-state index contributed by atoms with van der Waals surface area (Å²) in [6.45, 7) is 9.89. The lowest BCUT2D eigenvalue weighted by Gasteiger charge is -2.27. The number of amides is 1. The van der Waals surface area contributed by atoms with Crippen molar-refractivity contribution < 1.29 is 28.9 Å². The van der Waals surface area contributed by atoms with Crippen molar-refractivity contribution in [3.63, 3.8) is 0 Å². The number of Topliss-reactive ketones (excluding diaryl/α,β-unsaturated/α-hetero) is 1. The molecule has 1 unspecified atom stereocenters. The van der Waals surface area contributed by atoms with Crippen LogP contribution in [0.4, 0.5) is 5.69 Å². The highest BCUT2D eigenvalue weighted by Gasteiger charge is 2.47. The summed E-state index contributed by atoms with van der Waals surface area (Å²) in [5.74, 6) is -0.202. The van der Waals surface area contributed by atoms with E-state index in [0.29, 0.717) is 40.7 Å². The molecule has 1 atom stereocenters. The molecular weight excluding hydrogens is 482 g/mol. The number of carbonyl (C=O) groups is 2. The first-order valence-corrected chi connectivity index (χ1v) is 12.6. The van der Waals surface area contributed by atoms with Crippen LogP contribution in [0.5, 0.6) is 17.2 Å². The first kappa shape index (κ1) is 26.8. The van der Waals surface area contributed by atoms with E-state index >= 15 is 0 Å². The molecule has 0 aromatic heterocycles. The number of hydrogen-bond donors (Lipinski definition) is 1. The Morgan fingerprint density at radius 2 is 1.76 bits per heavy atom. The molecule has 3 aromatic carbocycles. The van der Waals surface area contributed by atoms with Crippen LogP contribution in [-0.4, -0.2) is 36.6 Å². The van der Waals surface area contributed by atoms with Crippen molar-refractivity contribution in [2.75, 3.05) is 18.6 Å². The smallest absolute Gasteiger partial charge is 0.300 e. The van der Waals surface area contributed by atoms with E-state index in [1.54, 1.807) is 49.6 Å². The zero-order chi connectivity index (χ0) is 27.6. The summed E-state index contributed by atoms with van der Waals surface area (Å²) in [6, 6.07) is 17.0. The third-order valence-electron chi connectivity index (χ3n) is 6.35. The molecule has 3 aromatic rings. The monoisotopic (exact) mass is 515 g/mol. The molecule has 7 heteroatoms. The predicted molar refractivity (Wildman–Crippen MR) is 147 cm³/mol. The number of ether oxygens (including phenoxy) is 3. The van der Waals surface area contributed by atoms with Gasteiger partial charge in [-0.25, -0.2) is 0 Å². The van der Waals surface area contributed by atoms with E-state index in [2.05, 4.69) is 0 Å². The quantitative estimate of drug-likeness (QED) is 0.221. The molecule has 7 nitrogen and oxygen atoms in total. The summed E-state index contributed by atoms with van der Waals surface area (Å²) in [5, 5.41) is 11.5. The van der Waals surface area contributed by atoms with E-state index in [-0.39, 0.29) is 17.4 Å². The first-order valence-electron chi connectivity index (χ1n) is 12.6. The van der Waals surface area contributed by atoms with Gasteiger partial charge < -0.3 is 19.3 Å². The lowest BCUT2D eigenvalue weighted by Crippen LogP contribution is -2.30. The Hall–Kier alpha value is -4.26. The Labute approximate surface area is 223 Å². The van der Waals surface area contributed by atoms with Crippen molar-refractivity contribution in [3.8, 4) is 17.2 Å². The normalized spacial score (nSPS) is 16.7. The fourth-order valence-electron chi connectivity index (χ4n) is 4.65. The molecule has 1 aliphatic heterocycles. The van der Waals surface area contributed by atoms with Gasteiger partial charge in [0.15, 0.2) is 11.5 Å². The lowest BCUT2D eigenvalue weighted by molar-refractivity contribution is -0.132. The van der Waals surface area contributed by atoms with Gasteiger partial charge in [-0.15, -0.1) is 0 Å². The Morgan fingerprint density at radius 3 is 2.45 bits per heavy atom. The van der Waals surface area contributed by atoms with Crippen molar-refractivity contribution in [1.82, 2.24) is 0 Å². The van der Waals surface area contributed by atoms with Crippen molar-refractivity contribution in [1.29, 1.82) is 0 Å². The van der Waals surface area contributed by atoms with E-state index in [0.717, 1.165) is 11.1 Å². The van der Waals surface area contributed by atoms with Gasteiger partial charge in [0.05, 0.1) is 31.4 Å². The van der Waals surface area contributed by atoms with Gasteiger partial charge in [0, 0.05) is 11.3 Å². The van der Waals surface area contributed by atoms with E-state index in [1.165, 1.54) is 4.90 Å². The Morgan fingerprint density at radius 1 is 1.00 bits per heavy atom. The summed E-state index contributed by atoms with van der Waals surface area (Å²) in [4.78, 5) is 28.6. The summed E-state index contributed by atoms with van der Waals surface area (Å²) in [5.41, 5.74) is 3.34. The minimum Gasteiger partial charge on any atom is -0.507 e. The number of aliphatic hydroxyl groups is 1. The molecule has 0 bridgehead atoms. The zero-order valence-corrected chi connectivity index (χ0v) is 22.6. The van der Waals surface area contributed by atoms with Crippen LogP contribution in [-0.2, 0) is 9.59 Å². The Kier molecular flexibility index (Phi) is 7.76. The molecule has 1 aliphatic rings. The number of rotatable bonds is 8. The molecule has 1 fully saturated rings. The fraction of sp³-hybridized carbons (Fsp3) is 0.290. The van der Waals surface area contributed by atoms with Crippen LogP contribution in [0.2, 0.25) is 0 Å². The third-order valence-corrected chi connectivity index (χ3v) is 6.35. The number of methoxy groups -OCH3 is 1. The van der Waals surface area contributed by atoms with Gasteiger partial charge in [0.1, 0.15) is 11.5 Å². The second-order valence-corrected chi connectivity index (χ2v) is 9.50. The van der Waals surface area contributed by atoms with Crippen molar-refractivity contribution in [2.45, 2.75) is 46.8 Å². The Balaban J connectivity index is 1.97. The second kappa shape index (κ2) is 11.0. The molecule has 1 heterocycles. The minimum atomic E-state index is -0.893. The number of benzene rings is 3. The summed E-state index contributed by atoms with van der Waals surface area (Å²) >= 11 is 0. The third kappa shape index (κ3) is 5.09. The largest absolute Gasteiger partial charge is 0.507 e. The van der Waals surface area contributed by atoms with Crippen LogP contribution in [0.25, 0.3) is 5.76 Å². The topological polar surface area (TPSA) is 85.3 Å². The highest BCUT2D eigenvalue weighted by molar-refractivity contribution is 6.51. The van der Waals surface area contributed by atoms with Crippen molar-refractivity contribution >= 4 is 23.1 Å². The van der Waals surface area contributed by atoms with E-state index in [4.69, 9.17) is 14.2 Å². The molecule has 0 aliphatic carbocycles. The van der Waals surface area contributed by atoms with Gasteiger partial charge in [-0.1, -0.05) is 30.3 Å². The van der Waals surface area contributed by atoms with Crippen LogP contribution >= 0.6 is 0 Å². The Bertz CT molecular complexity index is 1410. The van der Waals surface area contributed by atoms with Crippen LogP contribution in [0.15, 0.2) is 66.2 Å². The molecule has 1 N–H and O–H groups in total. The average Bonchev–Trinajstić information content (AvgIpc) is 3.15. The van der Waals surface area contributed by atoms with E-state index in [1.807, 2.05) is 52.8 Å². The number of ketones is 1. The maximum absolute atomic E-state index is 13.6. The highest BCUT2D eigenvalue weighted by Crippen LogP contribution is 2.45. The highest BCUT2D eigenvalue weighted by atomic mass is 16.5. The van der Waals surface area contributed by atoms with E-state index < -0.39 is 17.7 Å². The molecule has 1 saturated heterocycles. The number of anilines is 1. The molecule has 198 valence electrons. The van der Waals surface area contributed by atoms with Crippen LogP contribution in [0.3, 0.4) is 0 Å².